The van der Waals surface area contributed by atoms with E-state index in [-0.39, 0.29) is 24.1 Å². The third-order valence-corrected chi connectivity index (χ3v) is 7.71. The van der Waals surface area contributed by atoms with Crippen LogP contribution in [-0.2, 0) is 14.8 Å². The second-order valence-electron chi connectivity index (χ2n) is 7.17. The highest BCUT2D eigenvalue weighted by Crippen LogP contribution is 2.29. The normalized spacial score (nSPS) is 31.4. The molecular formula is C16H30ClN3O3S. The highest BCUT2D eigenvalue weighted by Gasteiger charge is 2.41. The number of hydrogen-bond donors (Lipinski definition) is 1. The molecule has 0 saturated carbocycles. The Morgan fingerprint density at radius 2 is 1.71 bits per heavy atom. The van der Waals surface area contributed by atoms with E-state index in [0.29, 0.717) is 31.2 Å². The molecule has 0 aromatic carbocycles. The Hall–Kier alpha value is -0.370. The highest BCUT2D eigenvalue weighted by molar-refractivity contribution is 7.89. The second-order valence-corrected chi connectivity index (χ2v) is 9.21. The van der Waals surface area contributed by atoms with Crippen molar-refractivity contribution in [1.29, 1.82) is 0 Å². The molecule has 0 radical (unpaired) electrons. The zero-order chi connectivity index (χ0) is 16.4. The molecule has 0 aromatic heterocycles. The molecule has 3 saturated heterocycles. The van der Waals surface area contributed by atoms with Crippen LogP contribution in [0.1, 0.15) is 39.0 Å². The molecular weight excluding hydrogens is 350 g/mol. The minimum absolute atomic E-state index is 0. The number of nitrogens with zero attached hydrogens (tertiary/aromatic N) is 2. The van der Waals surface area contributed by atoms with Crippen LogP contribution in [0.25, 0.3) is 0 Å². The Morgan fingerprint density at radius 1 is 1.08 bits per heavy atom. The van der Waals surface area contributed by atoms with Crippen molar-refractivity contribution in [2.24, 2.45) is 11.8 Å². The number of sulfonamides is 1. The molecule has 24 heavy (non-hydrogen) atoms. The van der Waals surface area contributed by atoms with E-state index in [1.165, 1.54) is 4.31 Å². The molecule has 3 atom stereocenters. The van der Waals surface area contributed by atoms with Crippen molar-refractivity contribution in [3.05, 3.63) is 0 Å². The van der Waals surface area contributed by atoms with Gasteiger partial charge in [0.25, 0.3) is 0 Å². The Morgan fingerprint density at radius 3 is 2.29 bits per heavy atom. The van der Waals surface area contributed by atoms with Crippen LogP contribution in [-0.4, -0.2) is 68.0 Å². The maximum atomic E-state index is 12.9. The van der Waals surface area contributed by atoms with Gasteiger partial charge in [-0.1, -0.05) is 6.92 Å². The summed E-state index contributed by atoms with van der Waals surface area (Å²) in [4.78, 5) is 14.9. The van der Waals surface area contributed by atoms with Gasteiger partial charge in [-0.25, -0.2) is 8.42 Å². The van der Waals surface area contributed by atoms with Gasteiger partial charge < -0.3 is 10.2 Å². The van der Waals surface area contributed by atoms with Gasteiger partial charge in [0.15, 0.2) is 0 Å². The van der Waals surface area contributed by atoms with Gasteiger partial charge in [-0.2, -0.15) is 4.31 Å². The molecule has 3 fully saturated rings. The number of likely N-dealkylation sites (tertiary alicyclic amines) is 1. The predicted molar refractivity (Wildman–Crippen MR) is 96.7 cm³/mol. The molecule has 1 N–H and O–H groups in total. The number of rotatable bonds is 4. The average Bonchev–Trinajstić information content (AvgIpc) is 3.13. The second kappa shape index (κ2) is 8.34. The highest BCUT2D eigenvalue weighted by atomic mass is 35.5. The van der Waals surface area contributed by atoms with Crippen LogP contribution >= 0.6 is 12.4 Å². The van der Waals surface area contributed by atoms with Crippen LogP contribution in [0, 0.1) is 11.8 Å². The van der Waals surface area contributed by atoms with E-state index < -0.39 is 16.1 Å². The fraction of sp³-hybridized carbons (Fsp3) is 0.938. The van der Waals surface area contributed by atoms with Crippen molar-refractivity contribution < 1.29 is 13.2 Å². The van der Waals surface area contributed by atoms with Crippen molar-refractivity contribution in [3.63, 3.8) is 0 Å². The Labute approximate surface area is 151 Å². The first-order valence-corrected chi connectivity index (χ1v) is 10.6. The van der Waals surface area contributed by atoms with E-state index in [9.17, 15) is 13.2 Å². The fourth-order valence-electron chi connectivity index (χ4n) is 4.34. The minimum Gasteiger partial charge on any atom is -0.341 e. The summed E-state index contributed by atoms with van der Waals surface area (Å²) in [7, 11) is -3.29. The smallest absolute Gasteiger partial charge is 0.241 e. The van der Waals surface area contributed by atoms with Gasteiger partial charge in [-0.3, -0.25) is 4.79 Å². The summed E-state index contributed by atoms with van der Waals surface area (Å²) in [5.41, 5.74) is 0. The number of halogens is 1. The quantitative estimate of drug-likeness (QED) is 0.793. The van der Waals surface area contributed by atoms with Crippen LogP contribution in [0.2, 0.25) is 0 Å². The molecule has 8 heteroatoms. The standard InChI is InChI=1S/C16H29N3O3S.ClH/c1-2-10-23(21,22)19-7-3-4-15(19)16(20)18-8-5-13-11-17-12-14(13)6-9-18;/h13-15,17H,2-12H2,1H3;1H/t13-,14+,15?;. The van der Waals surface area contributed by atoms with Crippen LogP contribution in [0.15, 0.2) is 0 Å². The maximum absolute atomic E-state index is 12.9. The van der Waals surface area contributed by atoms with Crippen molar-refractivity contribution in [2.45, 2.75) is 45.1 Å². The molecule has 0 bridgehead atoms. The zero-order valence-corrected chi connectivity index (χ0v) is 16.1. The topological polar surface area (TPSA) is 69.7 Å². The Kier molecular flexibility index (Phi) is 6.93. The Bertz CT molecular complexity index is 529. The van der Waals surface area contributed by atoms with Crippen LogP contribution in [0.3, 0.4) is 0 Å². The van der Waals surface area contributed by atoms with Gasteiger partial charge in [0.1, 0.15) is 6.04 Å². The molecule has 0 aliphatic carbocycles. The summed E-state index contributed by atoms with van der Waals surface area (Å²) in [6, 6.07) is -0.456. The van der Waals surface area contributed by atoms with Gasteiger partial charge in [0, 0.05) is 19.6 Å². The molecule has 1 amide bonds. The first kappa shape index (κ1) is 19.9. The van der Waals surface area contributed by atoms with Crippen molar-refractivity contribution >= 4 is 28.3 Å². The zero-order valence-electron chi connectivity index (χ0n) is 14.4. The van der Waals surface area contributed by atoms with Crippen LogP contribution in [0.5, 0.6) is 0 Å². The lowest BCUT2D eigenvalue weighted by Gasteiger charge is -2.29. The van der Waals surface area contributed by atoms with Crippen molar-refractivity contribution in [3.8, 4) is 0 Å². The lowest BCUT2D eigenvalue weighted by molar-refractivity contribution is -0.134. The summed E-state index contributed by atoms with van der Waals surface area (Å²) >= 11 is 0. The summed E-state index contributed by atoms with van der Waals surface area (Å²) in [6.45, 7) is 6.05. The minimum atomic E-state index is -3.29. The first-order chi connectivity index (χ1) is 11.0. The van der Waals surface area contributed by atoms with Gasteiger partial charge in [-0.15, -0.1) is 12.4 Å². The molecule has 3 aliphatic heterocycles. The van der Waals surface area contributed by atoms with Gasteiger partial charge in [0.05, 0.1) is 5.75 Å². The number of hydrogen-bond acceptors (Lipinski definition) is 4. The number of carbonyl (C=O) groups is 1. The van der Waals surface area contributed by atoms with E-state index in [2.05, 4.69) is 5.32 Å². The van der Waals surface area contributed by atoms with E-state index in [0.717, 1.165) is 45.4 Å². The molecule has 0 aromatic rings. The summed E-state index contributed by atoms with van der Waals surface area (Å²) in [6.07, 6.45) is 4.14. The number of nitrogens with one attached hydrogen (secondary N) is 1. The van der Waals surface area contributed by atoms with Gasteiger partial charge in [-0.05, 0) is 57.0 Å². The Balaban J connectivity index is 0.00000208. The summed E-state index contributed by atoms with van der Waals surface area (Å²) < 4.78 is 26.3. The van der Waals surface area contributed by atoms with E-state index in [1.807, 2.05) is 11.8 Å². The lowest BCUT2D eigenvalue weighted by atomic mass is 9.92. The third kappa shape index (κ3) is 4.06. The summed E-state index contributed by atoms with van der Waals surface area (Å²) in [5, 5.41) is 3.44. The maximum Gasteiger partial charge on any atom is 0.241 e. The first-order valence-electron chi connectivity index (χ1n) is 9.02. The van der Waals surface area contributed by atoms with E-state index >= 15 is 0 Å². The largest absolute Gasteiger partial charge is 0.341 e. The van der Waals surface area contributed by atoms with E-state index in [4.69, 9.17) is 0 Å². The number of amides is 1. The van der Waals surface area contributed by atoms with Gasteiger partial charge in [0.2, 0.25) is 15.9 Å². The third-order valence-electron chi connectivity index (χ3n) is 5.64. The van der Waals surface area contributed by atoms with Crippen LogP contribution in [0.4, 0.5) is 0 Å². The van der Waals surface area contributed by atoms with Gasteiger partial charge >= 0.3 is 0 Å². The number of fused-ring (bicyclic) bond motifs is 1. The molecule has 140 valence electrons. The number of carbonyl (C=O) groups excluding carboxylic acids is 1. The average molecular weight is 380 g/mol. The predicted octanol–water partition coefficient (Wildman–Crippen LogP) is 1.07. The van der Waals surface area contributed by atoms with Crippen molar-refractivity contribution in [1.82, 2.24) is 14.5 Å². The lowest BCUT2D eigenvalue weighted by Crippen LogP contribution is -2.48. The van der Waals surface area contributed by atoms with E-state index in [1.54, 1.807) is 0 Å². The monoisotopic (exact) mass is 379 g/mol. The molecule has 1 unspecified atom stereocenters. The fourth-order valence-corrected chi connectivity index (χ4v) is 6.09. The summed E-state index contributed by atoms with van der Waals surface area (Å²) in [5.74, 6) is 1.54. The SMILES string of the molecule is CCCS(=O)(=O)N1CCCC1C(=O)N1CC[C@@H]2CNC[C@@H]2CC1.Cl. The molecule has 3 rings (SSSR count). The van der Waals surface area contributed by atoms with Crippen LogP contribution < -0.4 is 5.32 Å². The van der Waals surface area contributed by atoms with Crippen molar-refractivity contribution in [2.75, 3.05) is 38.5 Å². The molecule has 3 aliphatic rings. The molecule has 0 spiro atoms. The molecule has 3 heterocycles. The molecule has 6 nitrogen and oxygen atoms in total.